The maximum atomic E-state index is 4.32. The van der Waals surface area contributed by atoms with Gasteiger partial charge in [0.2, 0.25) is 0 Å². The number of piperidine rings is 1. The summed E-state index contributed by atoms with van der Waals surface area (Å²) in [6, 6.07) is 2.26. The molecule has 0 aromatic carbocycles. The average molecular weight is 356 g/mol. The first-order chi connectivity index (χ1) is 12.6. The van der Waals surface area contributed by atoms with E-state index in [2.05, 4.69) is 44.7 Å². The topological polar surface area (TPSA) is 25.9 Å². The van der Waals surface area contributed by atoms with E-state index in [1.807, 2.05) is 12.4 Å². The van der Waals surface area contributed by atoms with Crippen molar-refractivity contribution in [3.63, 3.8) is 0 Å². The van der Waals surface area contributed by atoms with Crippen molar-refractivity contribution in [2.75, 3.05) is 77.9 Å². The number of hydrogen-bond acceptors (Lipinski definition) is 5. The molecule has 0 saturated carbocycles. The van der Waals surface area contributed by atoms with Gasteiger partial charge in [-0.05, 0) is 56.4 Å². The largest absolute Gasteiger partial charge is 0.372 e. The summed E-state index contributed by atoms with van der Waals surface area (Å²) < 4.78 is 0. The number of pyridine rings is 1. The van der Waals surface area contributed by atoms with Gasteiger partial charge in [0.25, 0.3) is 0 Å². The van der Waals surface area contributed by atoms with Crippen molar-refractivity contribution in [3.8, 4) is 0 Å². The van der Waals surface area contributed by atoms with Gasteiger partial charge >= 0.3 is 0 Å². The molecule has 0 amide bonds. The lowest BCUT2D eigenvalue weighted by atomic mass is 9.75. The van der Waals surface area contributed by atoms with Gasteiger partial charge in [0.15, 0.2) is 0 Å². The Balaban J connectivity index is 1.09. The second kappa shape index (κ2) is 6.47. The van der Waals surface area contributed by atoms with Crippen molar-refractivity contribution in [2.24, 2.45) is 11.8 Å². The van der Waals surface area contributed by atoms with Gasteiger partial charge in [-0.15, -0.1) is 0 Å². The summed E-state index contributed by atoms with van der Waals surface area (Å²) in [6.07, 6.45) is 6.80. The van der Waals surface area contributed by atoms with Gasteiger partial charge in [0, 0.05) is 64.5 Å². The number of likely N-dealkylation sites (N-methyl/N-ethyl adjacent to an activating group) is 1. The number of rotatable bonds is 4. The van der Waals surface area contributed by atoms with Crippen LogP contribution in [0.5, 0.6) is 0 Å². The Morgan fingerprint density at radius 1 is 1.00 bits per heavy atom. The third-order valence-electron chi connectivity index (χ3n) is 7.25. The molecule has 3 saturated heterocycles. The predicted molar refractivity (Wildman–Crippen MR) is 106 cm³/mol. The number of fused-ring (bicyclic) bond motifs is 2. The second-order valence-electron chi connectivity index (χ2n) is 9.53. The van der Waals surface area contributed by atoms with E-state index < -0.39 is 0 Å². The highest BCUT2D eigenvalue weighted by molar-refractivity contribution is 5.62. The number of hydrogen-bond donors (Lipinski definition) is 0. The quantitative estimate of drug-likeness (QED) is 0.812. The summed E-state index contributed by atoms with van der Waals surface area (Å²) in [5, 5.41) is 0. The minimum atomic E-state index is 0.379. The Kier molecular flexibility index (Phi) is 4.22. The monoisotopic (exact) mass is 355 g/mol. The minimum absolute atomic E-state index is 0.379. The van der Waals surface area contributed by atoms with Gasteiger partial charge in [0.05, 0.1) is 11.9 Å². The van der Waals surface area contributed by atoms with Crippen LogP contribution >= 0.6 is 0 Å². The highest BCUT2D eigenvalue weighted by Crippen LogP contribution is 2.45. The van der Waals surface area contributed by atoms with E-state index in [0.29, 0.717) is 5.41 Å². The van der Waals surface area contributed by atoms with Crippen LogP contribution in [0, 0.1) is 11.8 Å². The SMILES string of the molecule is CN1CC(CN2CCC(CN3CC4(C3)CN(C)c3cnccc34)CC2)C1. The zero-order valence-corrected chi connectivity index (χ0v) is 16.4. The Morgan fingerprint density at radius 2 is 1.73 bits per heavy atom. The van der Waals surface area contributed by atoms with Crippen LogP contribution in [0.3, 0.4) is 0 Å². The lowest BCUT2D eigenvalue weighted by Crippen LogP contribution is -2.62. The first-order valence-electron chi connectivity index (χ1n) is 10.4. The van der Waals surface area contributed by atoms with Gasteiger partial charge in [-0.3, -0.25) is 4.98 Å². The fourth-order valence-electron chi connectivity index (χ4n) is 6.00. The van der Waals surface area contributed by atoms with Gasteiger partial charge < -0.3 is 19.6 Å². The molecule has 5 nitrogen and oxygen atoms in total. The first kappa shape index (κ1) is 17.0. The van der Waals surface area contributed by atoms with Gasteiger partial charge in [0.1, 0.15) is 0 Å². The number of likely N-dealkylation sites (tertiary alicyclic amines) is 3. The molecule has 0 radical (unpaired) electrons. The Hall–Kier alpha value is -1.17. The van der Waals surface area contributed by atoms with E-state index >= 15 is 0 Å². The van der Waals surface area contributed by atoms with E-state index in [0.717, 1.165) is 11.8 Å². The molecule has 1 aromatic heterocycles. The fourth-order valence-corrected chi connectivity index (χ4v) is 6.00. The number of aromatic nitrogens is 1. The molecule has 0 N–H and O–H groups in total. The van der Waals surface area contributed by atoms with Crippen molar-refractivity contribution in [1.29, 1.82) is 0 Å². The molecule has 3 fully saturated rings. The molecule has 1 spiro atoms. The van der Waals surface area contributed by atoms with Crippen LogP contribution in [0.2, 0.25) is 0 Å². The van der Waals surface area contributed by atoms with Gasteiger partial charge in [-0.1, -0.05) is 0 Å². The molecule has 0 unspecified atom stereocenters. The van der Waals surface area contributed by atoms with E-state index in [-0.39, 0.29) is 0 Å². The van der Waals surface area contributed by atoms with E-state index in [1.54, 1.807) is 0 Å². The van der Waals surface area contributed by atoms with Crippen LogP contribution in [0.25, 0.3) is 0 Å². The normalized spacial score (nSPS) is 27.5. The summed E-state index contributed by atoms with van der Waals surface area (Å²) in [7, 11) is 4.45. The molecule has 5 heteroatoms. The molecule has 4 aliphatic rings. The molecule has 26 heavy (non-hydrogen) atoms. The first-order valence-corrected chi connectivity index (χ1v) is 10.4. The molecular formula is C21H33N5. The predicted octanol–water partition coefficient (Wildman–Crippen LogP) is 1.36. The Morgan fingerprint density at radius 3 is 2.46 bits per heavy atom. The molecule has 5 heterocycles. The third kappa shape index (κ3) is 2.94. The molecule has 0 atom stereocenters. The summed E-state index contributed by atoms with van der Waals surface area (Å²) in [4.78, 5) is 14.6. The number of anilines is 1. The van der Waals surface area contributed by atoms with Gasteiger partial charge in [-0.25, -0.2) is 0 Å². The molecule has 1 aromatic rings. The summed E-state index contributed by atoms with van der Waals surface area (Å²) in [5.41, 5.74) is 3.26. The summed E-state index contributed by atoms with van der Waals surface area (Å²) in [6.45, 7) is 11.5. The molecule has 5 rings (SSSR count). The molecule has 142 valence electrons. The zero-order valence-electron chi connectivity index (χ0n) is 16.4. The second-order valence-corrected chi connectivity index (χ2v) is 9.53. The van der Waals surface area contributed by atoms with Crippen LogP contribution in [-0.4, -0.2) is 92.7 Å². The fraction of sp³-hybridized carbons (Fsp3) is 0.762. The molecule has 0 aliphatic carbocycles. The van der Waals surface area contributed by atoms with E-state index in [9.17, 15) is 0 Å². The van der Waals surface area contributed by atoms with Crippen LogP contribution in [0.1, 0.15) is 18.4 Å². The van der Waals surface area contributed by atoms with Crippen molar-refractivity contribution < 1.29 is 0 Å². The minimum Gasteiger partial charge on any atom is -0.372 e. The van der Waals surface area contributed by atoms with Crippen molar-refractivity contribution in [2.45, 2.75) is 18.3 Å². The standard InChI is InChI=1S/C21H33N5/c1-23-10-18(11-23)13-25-7-4-17(5-8-25)12-26-15-21(16-26)14-24(2)20-9-22-6-3-19(20)21/h3,6,9,17-18H,4-5,7-8,10-16H2,1-2H3. The number of nitrogens with zero attached hydrogens (tertiary/aromatic N) is 5. The maximum Gasteiger partial charge on any atom is 0.0590 e. The maximum absolute atomic E-state index is 4.32. The smallest absolute Gasteiger partial charge is 0.0590 e. The van der Waals surface area contributed by atoms with Crippen molar-refractivity contribution in [1.82, 2.24) is 19.7 Å². The highest BCUT2D eigenvalue weighted by Gasteiger charge is 2.50. The molecule has 4 aliphatic heterocycles. The average Bonchev–Trinajstić information content (AvgIpc) is 2.88. The molecular weight excluding hydrogens is 322 g/mol. The van der Waals surface area contributed by atoms with Crippen molar-refractivity contribution >= 4 is 5.69 Å². The van der Waals surface area contributed by atoms with Crippen molar-refractivity contribution in [3.05, 3.63) is 24.0 Å². The molecule has 0 bridgehead atoms. The Labute approximate surface area is 158 Å². The Bertz CT molecular complexity index is 642. The zero-order chi connectivity index (χ0) is 17.7. The van der Waals surface area contributed by atoms with E-state index in [1.165, 1.54) is 83.0 Å². The summed E-state index contributed by atoms with van der Waals surface area (Å²) in [5.74, 6) is 1.84. The van der Waals surface area contributed by atoms with Crippen LogP contribution in [-0.2, 0) is 5.41 Å². The van der Waals surface area contributed by atoms with Gasteiger partial charge in [-0.2, -0.15) is 0 Å². The highest BCUT2D eigenvalue weighted by atomic mass is 15.3. The van der Waals surface area contributed by atoms with Crippen LogP contribution in [0.15, 0.2) is 18.5 Å². The lowest BCUT2D eigenvalue weighted by Gasteiger charge is -2.50. The van der Waals surface area contributed by atoms with E-state index in [4.69, 9.17) is 0 Å². The van der Waals surface area contributed by atoms with Crippen LogP contribution < -0.4 is 4.90 Å². The lowest BCUT2D eigenvalue weighted by molar-refractivity contribution is 0.0348. The van der Waals surface area contributed by atoms with Crippen LogP contribution in [0.4, 0.5) is 5.69 Å². The summed E-state index contributed by atoms with van der Waals surface area (Å²) >= 11 is 0. The third-order valence-corrected chi connectivity index (χ3v) is 7.25.